The summed E-state index contributed by atoms with van der Waals surface area (Å²) < 4.78 is 3.36. The molecule has 0 saturated heterocycles. The van der Waals surface area contributed by atoms with E-state index in [1.54, 1.807) is 9.25 Å². The van der Waals surface area contributed by atoms with Gasteiger partial charge in [0.15, 0.2) is 0 Å². The molecule has 8 heteroatoms. The second-order valence-corrected chi connectivity index (χ2v) is 8.15. The number of aromatic nitrogens is 7. The Labute approximate surface area is 186 Å². The minimum Gasteiger partial charge on any atom is -0.274 e. The molecule has 0 fully saturated rings. The highest BCUT2D eigenvalue weighted by Crippen LogP contribution is 2.24. The van der Waals surface area contributed by atoms with E-state index in [1.165, 1.54) is 0 Å². The summed E-state index contributed by atoms with van der Waals surface area (Å²) in [7, 11) is 0. The van der Waals surface area contributed by atoms with Crippen LogP contribution < -0.4 is 5.69 Å². The molecular weight excluding hydrogens is 402 g/mol. The zero-order valence-electron chi connectivity index (χ0n) is 18.6. The van der Waals surface area contributed by atoms with Gasteiger partial charge in [0.25, 0.3) is 0 Å². The molecule has 2 heterocycles. The van der Waals surface area contributed by atoms with Gasteiger partial charge in [0, 0.05) is 18.5 Å². The van der Waals surface area contributed by atoms with Crippen LogP contribution in [0, 0.1) is 5.92 Å². The van der Waals surface area contributed by atoms with E-state index >= 15 is 0 Å². The van der Waals surface area contributed by atoms with Crippen LogP contribution in [0.15, 0.2) is 65.5 Å². The number of hydrogen-bond acceptors (Lipinski definition) is 5. The van der Waals surface area contributed by atoms with Gasteiger partial charge in [-0.3, -0.25) is 4.57 Å². The average molecular weight is 430 g/mol. The molecule has 0 aliphatic heterocycles. The maximum atomic E-state index is 13.0. The van der Waals surface area contributed by atoms with Gasteiger partial charge in [-0.2, -0.15) is 10.3 Å². The minimum atomic E-state index is -0.0601. The average Bonchev–Trinajstić information content (AvgIpc) is 3.43. The second-order valence-electron chi connectivity index (χ2n) is 8.15. The van der Waals surface area contributed by atoms with Crippen molar-refractivity contribution >= 4 is 0 Å². The number of nitrogens with one attached hydrogen (secondary N) is 1. The molecule has 2 aromatic carbocycles. The zero-order chi connectivity index (χ0) is 22.5. The molecule has 2 aromatic heterocycles. The standard InChI is InChI=1S/C24H27N7O/c1-4-5-9-22-27-31(15-17(2)3)24(32)30(22)16-18-10-12-19(13-11-18)20-7-6-8-21(14-20)23-25-28-29-26-23/h4-8,10-14,17H,9,15-16H2,1-3H3,(H,25,26,28,29). The number of H-pyrrole nitrogens is 1. The normalized spacial score (nSPS) is 11.6. The van der Waals surface area contributed by atoms with E-state index < -0.39 is 0 Å². The number of tetrazole rings is 1. The van der Waals surface area contributed by atoms with E-state index in [9.17, 15) is 4.79 Å². The van der Waals surface area contributed by atoms with Gasteiger partial charge in [0.1, 0.15) is 5.82 Å². The van der Waals surface area contributed by atoms with Crippen LogP contribution in [-0.2, 0) is 19.5 Å². The fraction of sp³-hybridized carbons (Fsp3) is 0.292. The monoisotopic (exact) mass is 429 g/mol. The quantitative estimate of drug-likeness (QED) is 0.431. The Morgan fingerprint density at radius 2 is 1.84 bits per heavy atom. The van der Waals surface area contributed by atoms with Crippen molar-refractivity contribution in [2.45, 2.75) is 40.3 Å². The van der Waals surface area contributed by atoms with E-state index in [4.69, 9.17) is 0 Å². The molecular formula is C24H27N7O. The number of allylic oxidation sites excluding steroid dienone is 2. The smallest absolute Gasteiger partial charge is 0.274 e. The fourth-order valence-electron chi connectivity index (χ4n) is 3.59. The zero-order valence-corrected chi connectivity index (χ0v) is 18.6. The van der Waals surface area contributed by atoms with Crippen LogP contribution in [0.3, 0.4) is 0 Å². The van der Waals surface area contributed by atoms with Gasteiger partial charge in [-0.1, -0.05) is 68.5 Å². The Morgan fingerprint density at radius 1 is 1.06 bits per heavy atom. The minimum absolute atomic E-state index is 0.0601. The molecule has 0 amide bonds. The van der Waals surface area contributed by atoms with E-state index in [0.717, 1.165) is 28.1 Å². The van der Waals surface area contributed by atoms with Gasteiger partial charge in [-0.25, -0.2) is 9.48 Å². The predicted molar refractivity (Wildman–Crippen MR) is 124 cm³/mol. The van der Waals surface area contributed by atoms with Crippen molar-refractivity contribution in [3.05, 3.63) is 82.6 Å². The van der Waals surface area contributed by atoms with Crippen LogP contribution in [0.25, 0.3) is 22.5 Å². The Balaban J connectivity index is 1.59. The highest BCUT2D eigenvalue weighted by molar-refractivity contribution is 5.70. The lowest BCUT2D eigenvalue weighted by Gasteiger charge is -2.07. The molecule has 8 nitrogen and oxygen atoms in total. The summed E-state index contributed by atoms with van der Waals surface area (Å²) in [6, 6.07) is 16.3. The summed E-state index contributed by atoms with van der Waals surface area (Å²) in [4.78, 5) is 13.0. The number of benzene rings is 2. The number of hydrogen-bond donors (Lipinski definition) is 1. The van der Waals surface area contributed by atoms with Gasteiger partial charge < -0.3 is 0 Å². The maximum Gasteiger partial charge on any atom is 0.346 e. The van der Waals surface area contributed by atoms with Crippen molar-refractivity contribution in [2.75, 3.05) is 0 Å². The first-order valence-electron chi connectivity index (χ1n) is 10.8. The molecule has 32 heavy (non-hydrogen) atoms. The van der Waals surface area contributed by atoms with Crippen LogP contribution in [0.4, 0.5) is 0 Å². The fourth-order valence-corrected chi connectivity index (χ4v) is 3.59. The molecule has 0 radical (unpaired) electrons. The van der Waals surface area contributed by atoms with Gasteiger partial charge >= 0.3 is 5.69 Å². The van der Waals surface area contributed by atoms with Crippen molar-refractivity contribution in [2.24, 2.45) is 5.92 Å². The van der Waals surface area contributed by atoms with Crippen LogP contribution in [0.5, 0.6) is 0 Å². The van der Waals surface area contributed by atoms with E-state index in [0.29, 0.717) is 31.3 Å². The molecule has 0 aliphatic rings. The highest BCUT2D eigenvalue weighted by Gasteiger charge is 2.14. The lowest BCUT2D eigenvalue weighted by molar-refractivity contribution is 0.465. The summed E-state index contributed by atoms with van der Waals surface area (Å²) in [5.74, 6) is 1.70. The molecule has 0 spiro atoms. The number of aromatic amines is 1. The third kappa shape index (κ3) is 4.74. The summed E-state index contributed by atoms with van der Waals surface area (Å²) >= 11 is 0. The molecule has 4 aromatic rings. The first-order valence-corrected chi connectivity index (χ1v) is 10.8. The molecule has 0 saturated carbocycles. The second kappa shape index (κ2) is 9.55. The van der Waals surface area contributed by atoms with Crippen molar-refractivity contribution in [3.8, 4) is 22.5 Å². The van der Waals surface area contributed by atoms with Gasteiger partial charge in [-0.05, 0) is 40.8 Å². The molecule has 0 atom stereocenters. The summed E-state index contributed by atoms with van der Waals surface area (Å²) in [5, 5.41) is 18.8. The SMILES string of the molecule is CC=CCc1nn(CC(C)C)c(=O)n1Cc1ccc(-c2cccc(-c3nn[nH]n3)c2)cc1. The first kappa shape index (κ1) is 21.4. The molecule has 4 rings (SSSR count). The Kier molecular flexibility index (Phi) is 6.39. The van der Waals surface area contributed by atoms with E-state index in [1.807, 2.05) is 43.3 Å². The largest absolute Gasteiger partial charge is 0.346 e. The summed E-state index contributed by atoms with van der Waals surface area (Å²) in [5.41, 5.74) is 4.04. The van der Waals surface area contributed by atoms with Crippen molar-refractivity contribution in [1.29, 1.82) is 0 Å². The summed E-state index contributed by atoms with van der Waals surface area (Å²) in [6.45, 7) is 7.25. The van der Waals surface area contributed by atoms with Crippen molar-refractivity contribution < 1.29 is 0 Å². The topological polar surface area (TPSA) is 94.3 Å². The highest BCUT2D eigenvalue weighted by atomic mass is 16.2. The van der Waals surface area contributed by atoms with Gasteiger partial charge in [0.05, 0.1) is 6.54 Å². The van der Waals surface area contributed by atoms with E-state index in [-0.39, 0.29) is 5.69 Å². The van der Waals surface area contributed by atoms with Gasteiger partial charge in [-0.15, -0.1) is 10.2 Å². The van der Waals surface area contributed by atoms with Crippen LogP contribution in [0.1, 0.15) is 32.2 Å². The maximum absolute atomic E-state index is 13.0. The van der Waals surface area contributed by atoms with Crippen LogP contribution in [0.2, 0.25) is 0 Å². The predicted octanol–water partition coefficient (Wildman–Crippen LogP) is 3.71. The molecule has 1 N–H and O–H groups in total. The molecule has 0 bridgehead atoms. The molecule has 0 aliphatic carbocycles. The Hall–Kier alpha value is -3.81. The van der Waals surface area contributed by atoms with E-state index in [2.05, 4.69) is 63.8 Å². The lowest BCUT2D eigenvalue weighted by atomic mass is 10.0. The Morgan fingerprint density at radius 3 is 2.53 bits per heavy atom. The number of rotatable bonds is 8. The molecule has 164 valence electrons. The van der Waals surface area contributed by atoms with Gasteiger partial charge in [0.2, 0.25) is 5.82 Å². The summed E-state index contributed by atoms with van der Waals surface area (Å²) in [6.07, 6.45) is 4.64. The Bertz CT molecular complexity index is 1250. The van der Waals surface area contributed by atoms with Crippen molar-refractivity contribution in [3.63, 3.8) is 0 Å². The first-order chi connectivity index (χ1) is 15.5. The lowest BCUT2D eigenvalue weighted by Crippen LogP contribution is -2.27. The van der Waals surface area contributed by atoms with Crippen LogP contribution in [-0.4, -0.2) is 35.0 Å². The van der Waals surface area contributed by atoms with Crippen molar-refractivity contribution in [1.82, 2.24) is 35.0 Å². The molecule has 0 unspecified atom stereocenters. The van der Waals surface area contributed by atoms with Crippen LogP contribution >= 0.6 is 0 Å². The number of nitrogens with zero attached hydrogens (tertiary/aromatic N) is 6. The third-order valence-corrected chi connectivity index (χ3v) is 5.17. The third-order valence-electron chi connectivity index (χ3n) is 5.17.